The van der Waals surface area contributed by atoms with Gasteiger partial charge in [-0.2, -0.15) is 5.10 Å². The third-order valence-corrected chi connectivity index (χ3v) is 2.85. The van der Waals surface area contributed by atoms with Gasteiger partial charge in [0.2, 0.25) is 5.91 Å². The third kappa shape index (κ3) is 4.00. The van der Waals surface area contributed by atoms with Crippen molar-refractivity contribution in [1.82, 2.24) is 20.4 Å². The van der Waals surface area contributed by atoms with Gasteiger partial charge in [0.15, 0.2) is 0 Å². The predicted octanol–water partition coefficient (Wildman–Crippen LogP) is -0.895. The highest BCUT2D eigenvalue weighted by Crippen LogP contribution is 2.21. The molecule has 1 unspecified atom stereocenters. The summed E-state index contributed by atoms with van der Waals surface area (Å²) < 4.78 is 1.40. The fourth-order valence-electron chi connectivity index (χ4n) is 1.83. The van der Waals surface area contributed by atoms with E-state index in [0.29, 0.717) is 11.4 Å². The first-order chi connectivity index (χ1) is 9.36. The van der Waals surface area contributed by atoms with Gasteiger partial charge in [0, 0.05) is 13.6 Å². The number of aliphatic hydroxyl groups excluding tert-OH is 1. The fourth-order valence-corrected chi connectivity index (χ4v) is 1.83. The number of rotatable bonds is 7. The van der Waals surface area contributed by atoms with Crippen LogP contribution < -0.4 is 10.6 Å². The average Bonchev–Trinajstić information content (AvgIpc) is 2.63. The monoisotopic (exact) mass is 285 g/mol. The van der Waals surface area contributed by atoms with Gasteiger partial charge in [0.05, 0.1) is 24.1 Å². The van der Waals surface area contributed by atoms with Crippen molar-refractivity contribution < 1.29 is 14.8 Å². The lowest BCUT2D eigenvalue weighted by molar-refractivity contribution is -0.386. The van der Waals surface area contributed by atoms with Crippen LogP contribution in [0.2, 0.25) is 0 Å². The Morgan fingerprint density at radius 1 is 1.55 bits per heavy atom. The summed E-state index contributed by atoms with van der Waals surface area (Å²) in [5, 5.41) is 29.9. The van der Waals surface area contributed by atoms with Crippen LogP contribution in [0.25, 0.3) is 0 Å². The van der Waals surface area contributed by atoms with Crippen LogP contribution >= 0.6 is 0 Å². The van der Waals surface area contributed by atoms with E-state index in [1.807, 2.05) is 0 Å². The maximum atomic E-state index is 11.0. The highest BCUT2D eigenvalue weighted by atomic mass is 16.6. The molecular formula is C11H19N5O4. The quantitative estimate of drug-likeness (QED) is 0.441. The molecule has 1 amide bonds. The van der Waals surface area contributed by atoms with E-state index < -0.39 is 11.0 Å². The molecule has 9 heteroatoms. The lowest BCUT2D eigenvalue weighted by atomic mass is 10.3. The molecule has 0 aromatic carbocycles. The van der Waals surface area contributed by atoms with Crippen molar-refractivity contribution in [3.8, 4) is 0 Å². The molecule has 0 spiro atoms. The largest absolute Gasteiger partial charge is 0.390 e. The molecule has 1 rings (SSSR count). The van der Waals surface area contributed by atoms with Crippen LogP contribution in [0, 0.1) is 24.0 Å². The molecular weight excluding hydrogens is 266 g/mol. The van der Waals surface area contributed by atoms with Crippen LogP contribution in [0.4, 0.5) is 5.69 Å². The van der Waals surface area contributed by atoms with Gasteiger partial charge in [-0.25, -0.2) is 0 Å². The van der Waals surface area contributed by atoms with Crippen molar-refractivity contribution in [2.24, 2.45) is 0 Å². The Balaban J connectivity index is 2.58. The van der Waals surface area contributed by atoms with Crippen molar-refractivity contribution >= 4 is 11.6 Å². The van der Waals surface area contributed by atoms with Gasteiger partial charge in [0.1, 0.15) is 11.4 Å². The van der Waals surface area contributed by atoms with Crippen LogP contribution in [0.5, 0.6) is 0 Å². The second-order valence-corrected chi connectivity index (χ2v) is 4.42. The second kappa shape index (κ2) is 6.96. The molecule has 0 saturated carbocycles. The van der Waals surface area contributed by atoms with E-state index in [0.717, 1.165) is 0 Å². The normalized spacial score (nSPS) is 12.2. The maximum Gasteiger partial charge on any atom is 0.312 e. The van der Waals surface area contributed by atoms with E-state index in [-0.39, 0.29) is 31.2 Å². The van der Waals surface area contributed by atoms with E-state index in [1.54, 1.807) is 13.8 Å². The second-order valence-electron chi connectivity index (χ2n) is 4.42. The van der Waals surface area contributed by atoms with E-state index in [2.05, 4.69) is 15.7 Å². The summed E-state index contributed by atoms with van der Waals surface area (Å²) in [6, 6.07) is 0. The molecule has 112 valence electrons. The number of aliphatic hydroxyl groups is 1. The molecule has 20 heavy (non-hydrogen) atoms. The van der Waals surface area contributed by atoms with Crippen LogP contribution in [0.3, 0.4) is 0 Å². The zero-order valence-electron chi connectivity index (χ0n) is 11.7. The minimum absolute atomic E-state index is 0.0319. The van der Waals surface area contributed by atoms with Gasteiger partial charge < -0.3 is 15.7 Å². The van der Waals surface area contributed by atoms with Crippen molar-refractivity contribution in [2.45, 2.75) is 26.5 Å². The first-order valence-corrected chi connectivity index (χ1v) is 6.14. The number of nitrogens with one attached hydrogen (secondary N) is 2. The van der Waals surface area contributed by atoms with Gasteiger partial charge in [-0.3, -0.25) is 19.6 Å². The van der Waals surface area contributed by atoms with E-state index in [9.17, 15) is 20.0 Å². The summed E-state index contributed by atoms with van der Waals surface area (Å²) >= 11 is 0. The zero-order chi connectivity index (χ0) is 15.3. The third-order valence-electron chi connectivity index (χ3n) is 2.85. The Hall–Kier alpha value is -2.00. The number of aryl methyl sites for hydroxylation is 1. The molecule has 3 N–H and O–H groups in total. The smallest absolute Gasteiger partial charge is 0.312 e. The van der Waals surface area contributed by atoms with E-state index in [4.69, 9.17) is 0 Å². The number of hydrogen-bond acceptors (Lipinski definition) is 6. The first kappa shape index (κ1) is 16.1. The molecule has 1 atom stereocenters. The summed E-state index contributed by atoms with van der Waals surface area (Å²) in [5.74, 6) is -0.182. The summed E-state index contributed by atoms with van der Waals surface area (Å²) in [5.41, 5.74) is 0.686. The van der Waals surface area contributed by atoms with E-state index in [1.165, 1.54) is 11.7 Å². The standard InChI is InChI=1S/C11H19N5O4/c1-7-11(16(19)20)8(2)15(14-7)6-9(17)4-13-5-10(18)12-3/h9,13,17H,4-6H2,1-3H3,(H,12,18). The van der Waals surface area contributed by atoms with Crippen molar-refractivity contribution in [3.05, 3.63) is 21.5 Å². The van der Waals surface area contributed by atoms with Gasteiger partial charge in [-0.05, 0) is 13.8 Å². The Kier molecular flexibility index (Phi) is 5.59. The summed E-state index contributed by atoms with van der Waals surface area (Å²) in [6.45, 7) is 3.56. The molecule has 0 aliphatic heterocycles. The Bertz CT molecular complexity index is 499. The minimum Gasteiger partial charge on any atom is -0.390 e. The number of carbonyl (C=O) groups is 1. The van der Waals surface area contributed by atoms with Gasteiger partial charge in [-0.1, -0.05) is 0 Å². The number of hydrogen-bond donors (Lipinski definition) is 3. The molecule has 0 aliphatic rings. The molecule has 0 fully saturated rings. The van der Waals surface area contributed by atoms with Crippen LogP contribution in [0.1, 0.15) is 11.4 Å². The number of nitro groups is 1. The fraction of sp³-hybridized carbons (Fsp3) is 0.636. The van der Waals surface area contributed by atoms with Crippen molar-refractivity contribution in [1.29, 1.82) is 0 Å². The van der Waals surface area contributed by atoms with Gasteiger partial charge >= 0.3 is 5.69 Å². The highest BCUT2D eigenvalue weighted by molar-refractivity contribution is 5.77. The molecule has 0 bridgehead atoms. The number of likely N-dealkylation sites (N-methyl/N-ethyl adjacent to an activating group) is 1. The number of aromatic nitrogens is 2. The topological polar surface area (TPSA) is 122 Å². The lowest BCUT2D eigenvalue weighted by Crippen LogP contribution is -2.37. The summed E-state index contributed by atoms with van der Waals surface area (Å²) in [4.78, 5) is 21.4. The average molecular weight is 285 g/mol. The number of carbonyl (C=O) groups excluding carboxylic acids is 1. The lowest BCUT2D eigenvalue weighted by Gasteiger charge is -2.12. The van der Waals surface area contributed by atoms with Crippen molar-refractivity contribution in [3.63, 3.8) is 0 Å². The molecule has 0 saturated heterocycles. The van der Waals surface area contributed by atoms with E-state index >= 15 is 0 Å². The first-order valence-electron chi connectivity index (χ1n) is 6.14. The zero-order valence-corrected chi connectivity index (χ0v) is 11.7. The molecule has 1 aromatic rings. The summed E-state index contributed by atoms with van der Waals surface area (Å²) in [6.07, 6.45) is -0.794. The van der Waals surface area contributed by atoms with Gasteiger partial charge in [0.25, 0.3) is 0 Å². The molecule has 1 aromatic heterocycles. The van der Waals surface area contributed by atoms with Crippen LogP contribution in [0.15, 0.2) is 0 Å². The maximum absolute atomic E-state index is 11.0. The molecule has 0 radical (unpaired) electrons. The number of amides is 1. The molecule has 9 nitrogen and oxygen atoms in total. The Labute approximate surface area is 116 Å². The van der Waals surface area contributed by atoms with Crippen molar-refractivity contribution in [2.75, 3.05) is 20.1 Å². The summed E-state index contributed by atoms with van der Waals surface area (Å²) in [7, 11) is 1.52. The minimum atomic E-state index is -0.794. The number of nitrogens with zero attached hydrogens (tertiary/aromatic N) is 3. The van der Waals surface area contributed by atoms with Crippen LogP contribution in [-0.4, -0.2) is 52.0 Å². The molecule has 0 aliphatic carbocycles. The van der Waals surface area contributed by atoms with Gasteiger partial charge in [-0.15, -0.1) is 0 Å². The van der Waals surface area contributed by atoms with Crippen LogP contribution in [-0.2, 0) is 11.3 Å². The predicted molar refractivity (Wildman–Crippen MR) is 71.3 cm³/mol. The molecule has 1 heterocycles. The Morgan fingerprint density at radius 2 is 2.20 bits per heavy atom. The Morgan fingerprint density at radius 3 is 2.70 bits per heavy atom. The highest BCUT2D eigenvalue weighted by Gasteiger charge is 2.22. The SMILES string of the molecule is CNC(=O)CNCC(O)Cn1nc(C)c([N+](=O)[O-])c1C.